The van der Waals surface area contributed by atoms with Crippen LogP contribution in [0.5, 0.6) is 5.75 Å². The van der Waals surface area contributed by atoms with E-state index in [2.05, 4.69) is 15.4 Å². The molecule has 0 aliphatic heterocycles. The monoisotopic (exact) mass is 336 g/mol. The van der Waals surface area contributed by atoms with E-state index in [9.17, 15) is 4.79 Å². The van der Waals surface area contributed by atoms with Gasteiger partial charge in [0.25, 0.3) is 0 Å². The molecule has 0 spiro atoms. The number of benzene rings is 1. The van der Waals surface area contributed by atoms with Gasteiger partial charge >= 0.3 is 0 Å². The van der Waals surface area contributed by atoms with Gasteiger partial charge in [0.1, 0.15) is 5.75 Å². The Hall–Kier alpha value is -3.15. The maximum atomic E-state index is 12.3. The van der Waals surface area contributed by atoms with Crippen LogP contribution in [0.1, 0.15) is 11.1 Å². The van der Waals surface area contributed by atoms with Gasteiger partial charge in [-0.2, -0.15) is 5.10 Å². The molecule has 0 bridgehead atoms. The summed E-state index contributed by atoms with van der Waals surface area (Å²) in [5.74, 6) is 0.653. The third-order valence-corrected chi connectivity index (χ3v) is 3.89. The first-order valence-electron chi connectivity index (χ1n) is 7.99. The number of carbonyl (C=O) groups is 1. The maximum absolute atomic E-state index is 12.3. The highest BCUT2D eigenvalue weighted by molar-refractivity contribution is 5.79. The van der Waals surface area contributed by atoms with Crippen molar-refractivity contribution in [2.24, 2.45) is 7.05 Å². The highest BCUT2D eigenvalue weighted by Gasteiger charge is 2.11. The van der Waals surface area contributed by atoms with Crippen LogP contribution in [-0.2, 0) is 24.8 Å². The van der Waals surface area contributed by atoms with Crippen molar-refractivity contribution in [3.63, 3.8) is 0 Å². The fraction of sp³-hybridized carbons (Fsp3) is 0.211. The van der Waals surface area contributed by atoms with Crippen LogP contribution in [0.25, 0.3) is 11.3 Å². The fourth-order valence-electron chi connectivity index (χ4n) is 2.66. The molecule has 0 unspecified atom stereocenters. The molecule has 0 atom stereocenters. The van der Waals surface area contributed by atoms with E-state index in [1.54, 1.807) is 24.2 Å². The van der Waals surface area contributed by atoms with Gasteiger partial charge in [-0.3, -0.25) is 14.5 Å². The molecule has 25 heavy (non-hydrogen) atoms. The second-order valence-corrected chi connectivity index (χ2v) is 5.68. The summed E-state index contributed by atoms with van der Waals surface area (Å²) in [6.07, 6.45) is 5.68. The predicted molar refractivity (Wildman–Crippen MR) is 95.0 cm³/mol. The van der Waals surface area contributed by atoms with E-state index in [1.807, 2.05) is 49.6 Å². The molecule has 0 fully saturated rings. The summed E-state index contributed by atoms with van der Waals surface area (Å²) < 4.78 is 7.02. The van der Waals surface area contributed by atoms with Gasteiger partial charge in [-0.25, -0.2) is 0 Å². The summed E-state index contributed by atoms with van der Waals surface area (Å²) in [5, 5.41) is 7.13. The van der Waals surface area contributed by atoms with Crippen LogP contribution >= 0.6 is 0 Å². The predicted octanol–water partition coefficient (Wildman–Crippen LogP) is 2.35. The molecule has 2 aromatic heterocycles. The number of methoxy groups -OCH3 is 1. The zero-order chi connectivity index (χ0) is 17.6. The molecule has 6 nitrogen and oxygen atoms in total. The number of carbonyl (C=O) groups excluding carboxylic acids is 1. The van der Waals surface area contributed by atoms with E-state index in [1.165, 1.54) is 0 Å². The number of para-hydroxylation sites is 1. The van der Waals surface area contributed by atoms with Crippen LogP contribution in [0.4, 0.5) is 0 Å². The average Bonchev–Trinajstić information content (AvgIpc) is 3.07. The second-order valence-electron chi connectivity index (χ2n) is 5.68. The van der Waals surface area contributed by atoms with E-state index < -0.39 is 0 Å². The number of hydrogen-bond acceptors (Lipinski definition) is 4. The van der Waals surface area contributed by atoms with Gasteiger partial charge in [-0.05, 0) is 17.7 Å². The molecular formula is C19H20N4O2. The van der Waals surface area contributed by atoms with Crippen molar-refractivity contribution in [1.82, 2.24) is 20.1 Å². The summed E-state index contributed by atoms with van der Waals surface area (Å²) in [6, 6.07) is 11.3. The Morgan fingerprint density at radius 2 is 2.00 bits per heavy atom. The quantitative estimate of drug-likeness (QED) is 0.750. The standard InChI is InChI=1S/C19H20N4O2/c1-23-13-16(12-22-23)19-15(7-5-9-20-19)11-21-18(24)10-14-6-3-4-8-17(14)25-2/h3-9,12-13H,10-11H2,1-2H3,(H,21,24). The van der Waals surface area contributed by atoms with Crippen LogP contribution < -0.4 is 10.1 Å². The number of nitrogens with zero attached hydrogens (tertiary/aromatic N) is 3. The van der Waals surface area contributed by atoms with E-state index >= 15 is 0 Å². The van der Waals surface area contributed by atoms with Crippen molar-refractivity contribution < 1.29 is 9.53 Å². The normalized spacial score (nSPS) is 10.5. The zero-order valence-electron chi connectivity index (χ0n) is 14.3. The SMILES string of the molecule is COc1ccccc1CC(=O)NCc1cccnc1-c1cnn(C)c1. The number of hydrogen-bond donors (Lipinski definition) is 1. The maximum Gasteiger partial charge on any atom is 0.224 e. The lowest BCUT2D eigenvalue weighted by Crippen LogP contribution is -2.25. The number of ether oxygens (including phenoxy) is 1. The van der Waals surface area contributed by atoms with Crippen molar-refractivity contribution in [2.75, 3.05) is 7.11 Å². The summed E-state index contributed by atoms with van der Waals surface area (Å²) in [7, 11) is 3.47. The molecule has 1 N–H and O–H groups in total. The lowest BCUT2D eigenvalue weighted by Gasteiger charge is -2.10. The minimum Gasteiger partial charge on any atom is -0.496 e. The fourth-order valence-corrected chi connectivity index (χ4v) is 2.66. The smallest absolute Gasteiger partial charge is 0.224 e. The number of nitrogens with one attached hydrogen (secondary N) is 1. The molecule has 3 rings (SSSR count). The van der Waals surface area contributed by atoms with Crippen LogP contribution in [-0.4, -0.2) is 27.8 Å². The molecule has 2 heterocycles. The minimum atomic E-state index is -0.0644. The van der Waals surface area contributed by atoms with Crippen LogP contribution in [0, 0.1) is 0 Å². The molecule has 1 amide bonds. The number of amides is 1. The third-order valence-electron chi connectivity index (χ3n) is 3.89. The van der Waals surface area contributed by atoms with Crippen molar-refractivity contribution in [2.45, 2.75) is 13.0 Å². The molecule has 0 radical (unpaired) electrons. The van der Waals surface area contributed by atoms with Gasteiger partial charge in [-0.1, -0.05) is 24.3 Å². The van der Waals surface area contributed by atoms with Crippen LogP contribution in [0.2, 0.25) is 0 Å². The summed E-state index contributed by atoms with van der Waals surface area (Å²) in [6.45, 7) is 0.409. The number of rotatable bonds is 6. The Morgan fingerprint density at radius 3 is 2.76 bits per heavy atom. The highest BCUT2D eigenvalue weighted by atomic mass is 16.5. The molecular weight excluding hydrogens is 316 g/mol. The lowest BCUT2D eigenvalue weighted by atomic mass is 10.1. The Bertz CT molecular complexity index is 873. The van der Waals surface area contributed by atoms with Crippen LogP contribution in [0.3, 0.4) is 0 Å². The molecule has 3 aromatic rings. The molecule has 0 saturated carbocycles. The molecule has 1 aromatic carbocycles. The van der Waals surface area contributed by atoms with Gasteiger partial charge in [0.15, 0.2) is 0 Å². The average molecular weight is 336 g/mol. The largest absolute Gasteiger partial charge is 0.496 e. The van der Waals surface area contributed by atoms with Gasteiger partial charge in [-0.15, -0.1) is 0 Å². The van der Waals surface area contributed by atoms with Crippen molar-refractivity contribution in [3.8, 4) is 17.0 Å². The van der Waals surface area contributed by atoms with Crippen LogP contribution in [0.15, 0.2) is 55.0 Å². The Morgan fingerprint density at radius 1 is 1.20 bits per heavy atom. The second kappa shape index (κ2) is 7.61. The number of aryl methyl sites for hydroxylation is 1. The first-order chi connectivity index (χ1) is 12.2. The number of pyridine rings is 1. The van der Waals surface area contributed by atoms with Gasteiger partial charge in [0.2, 0.25) is 5.91 Å². The van der Waals surface area contributed by atoms with Crippen molar-refractivity contribution in [3.05, 3.63) is 66.1 Å². The minimum absolute atomic E-state index is 0.0644. The first-order valence-corrected chi connectivity index (χ1v) is 7.99. The summed E-state index contributed by atoms with van der Waals surface area (Å²) in [4.78, 5) is 16.7. The summed E-state index contributed by atoms with van der Waals surface area (Å²) in [5.41, 5.74) is 3.57. The topological polar surface area (TPSA) is 69.0 Å². The Kier molecular flexibility index (Phi) is 5.09. The van der Waals surface area contributed by atoms with E-state index in [0.29, 0.717) is 6.54 Å². The first kappa shape index (κ1) is 16.7. The van der Waals surface area contributed by atoms with E-state index in [-0.39, 0.29) is 12.3 Å². The molecule has 0 aliphatic carbocycles. The zero-order valence-corrected chi connectivity index (χ0v) is 14.3. The van der Waals surface area contributed by atoms with E-state index in [4.69, 9.17) is 4.74 Å². The lowest BCUT2D eigenvalue weighted by molar-refractivity contribution is -0.120. The van der Waals surface area contributed by atoms with E-state index in [0.717, 1.165) is 28.1 Å². The van der Waals surface area contributed by atoms with Crippen molar-refractivity contribution in [1.29, 1.82) is 0 Å². The van der Waals surface area contributed by atoms with Gasteiger partial charge in [0.05, 0.1) is 25.4 Å². The van der Waals surface area contributed by atoms with Crippen molar-refractivity contribution >= 4 is 5.91 Å². The molecule has 128 valence electrons. The van der Waals surface area contributed by atoms with Gasteiger partial charge < -0.3 is 10.1 Å². The highest BCUT2D eigenvalue weighted by Crippen LogP contribution is 2.21. The number of aromatic nitrogens is 3. The third kappa shape index (κ3) is 4.03. The Balaban J connectivity index is 1.69. The Labute approximate surface area is 146 Å². The molecule has 0 saturated heterocycles. The summed E-state index contributed by atoms with van der Waals surface area (Å²) >= 11 is 0. The molecule has 0 aliphatic rings. The van der Waals surface area contributed by atoms with Gasteiger partial charge in [0, 0.05) is 37.1 Å². The molecule has 6 heteroatoms.